The van der Waals surface area contributed by atoms with E-state index in [1.807, 2.05) is 12.1 Å². The predicted molar refractivity (Wildman–Crippen MR) is 89.9 cm³/mol. The Kier molecular flexibility index (Phi) is 4.43. The predicted octanol–water partition coefficient (Wildman–Crippen LogP) is 1.00. The number of hydrogen-bond acceptors (Lipinski definition) is 8. The van der Waals surface area contributed by atoms with Crippen molar-refractivity contribution in [2.45, 2.75) is 12.6 Å². The lowest BCUT2D eigenvalue weighted by molar-refractivity contribution is 0.190. The first-order chi connectivity index (χ1) is 12.2. The van der Waals surface area contributed by atoms with E-state index < -0.39 is 0 Å². The Morgan fingerprint density at radius 1 is 1.32 bits per heavy atom. The van der Waals surface area contributed by atoms with Crippen molar-refractivity contribution in [1.82, 2.24) is 40.6 Å². The van der Waals surface area contributed by atoms with Gasteiger partial charge in [-0.05, 0) is 36.5 Å². The number of aromatic nitrogens is 6. The van der Waals surface area contributed by atoms with Crippen LogP contribution >= 0.6 is 11.6 Å². The van der Waals surface area contributed by atoms with Gasteiger partial charge in [0.1, 0.15) is 6.54 Å². The summed E-state index contributed by atoms with van der Waals surface area (Å²) in [6.45, 7) is 2.99. The zero-order valence-corrected chi connectivity index (χ0v) is 14.4. The van der Waals surface area contributed by atoms with Crippen LogP contribution in [0.1, 0.15) is 17.8 Å². The van der Waals surface area contributed by atoms with Crippen molar-refractivity contribution in [1.29, 1.82) is 0 Å². The number of likely N-dealkylation sites (N-methyl/N-ethyl adjacent to an activating group) is 1. The molecule has 130 valence electrons. The molecule has 0 bridgehead atoms. The van der Waals surface area contributed by atoms with Crippen LogP contribution in [0.15, 0.2) is 28.8 Å². The summed E-state index contributed by atoms with van der Waals surface area (Å²) in [5.74, 6) is 1.64. The Hall–Kier alpha value is -2.36. The molecule has 25 heavy (non-hydrogen) atoms. The van der Waals surface area contributed by atoms with Gasteiger partial charge in [0.15, 0.2) is 5.82 Å². The Morgan fingerprint density at radius 2 is 2.16 bits per heavy atom. The molecule has 1 saturated heterocycles. The van der Waals surface area contributed by atoms with Crippen LogP contribution in [0.25, 0.3) is 11.4 Å². The van der Waals surface area contributed by atoms with Crippen LogP contribution < -0.4 is 5.32 Å². The highest BCUT2D eigenvalue weighted by Gasteiger charge is 2.25. The van der Waals surface area contributed by atoms with Gasteiger partial charge >= 0.3 is 0 Å². The van der Waals surface area contributed by atoms with E-state index in [0.29, 0.717) is 22.6 Å². The van der Waals surface area contributed by atoms with E-state index in [1.165, 1.54) is 4.80 Å². The Morgan fingerprint density at radius 3 is 2.96 bits per heavy atom. The quantitative estimate of drug-likeness (QED) is 0.736. The molecular weight excluding hydrogens is 344 g/mol. The first kappa shape index (κ1) is 16.1. The Bertz CT molecular complexity index is 845. The molecule has 3 aromatic rings. The second-order valence-electron chi connectivity index (χ2n) is 5.90. The molecular formula is C15H17ClN8O. The summed E-state index contributed by atoms with van der Waals surface area (Å²) in [6, 6.07) is 7.38. The maximum atomic E-state index is 5.89. The van der Waals surface area contributed by atoms with Gasteiger partial charge in [0.25, 0.3) is 0 Å². The van der Waals surface area contributed by atoms with Gasteiger partial charge < -0.3 is 9.84 Å². The molecule has 10 heteroatoms. The van der Waals surface area contributed by atoms with Gasteiger partial charge in [0.05, 0.1) is 6.04 Å². The van der Waals surface area contributed by atoms with Crippen molar-refractivity contribution in [3.05, 3.63) is 41.0 Å². The van der Waals surface area contributed by atoms with Gasteiger partial charge in [0.2, 0.25) is 11.7 Å². The molecule has 0 radical (unpaired) electrons. The number of piperazine rings is 1. The highest BCUT2D eigenvalue weighted by molar-refractivity contribution is 6.30. The second kappa shape index (κ2) is 6.87. The van der Waals surface area contributed by atoms with Crippen molar-refractivity contribution in [2.24, 2.45) is 0 Å². The van der Waals surface area contributed by atoms with Crippen LogP contribution in [0, 0.1) is 0 Å². The largest absolute Gasteiger partial charge is 0.337 e. The van der Waals surface area contributed by atoms with Crippen LogP contribution in [-0.4, -0.2) is 61.9 Å². The zero-order chi connectivity index (χ0) is 17.2. The van der Waals surface area contributed by atoms with Gasteiger partial charge in [-0.2, -0.15) is 9.78 Å². The monoisotopic (exact) mass is 360 g/mol. The van der Waals surface area contributed by atoms with Crippen molar-refractivity contribution in [2.75, 3.05) is 26.7 Å². The van der Waals surface area contributed by atoms with Crippen LogP contribution in [0.3, 0.4) is 0 Å². The molecule has 0 amide bonds. The summed E-state index contributed by atoms with van der Waals surface area (Å²) in [5.41, 5.74) is 0.844. The highest BCUT2D eigenvalue weighted by Crippen LogP contribution is 2.19. The third kappa shape index (κ3) is 3.53. The molecule has 1 aliphatic heterocycles. The SMILES string of the molecule is CN1CCNCC1c1noc(Cn2nnc(-c3ccc(Cl)cc3)n2)n1. The van der Waals surface area contributed by atoms with E-state index in [2.05, 4.69) is 42.8 Å². The maximum Gasteiger partial charge on any atom is 0.250 e. The van der Waals surface area contributed by atoms with E-state index in [0.717, 1.165) is 25.2 Å². The number of hydrogen-bond donors (Lipinski definition) is 1. The third-order valence-corrected chi connectivity index (χ3v) is 4.38. The highest BCUT2D eigenvalue weighted by atomic mass is 35.5. The molecule has 4 rings (SSSR count). The molecule has 2 aromatic heterocycles. The fraction of sp³-hybridized carbons (Fsp3) is 0.400. The number of tetrazole rings is 1. The van der Waals surface area contributed by atoms with Crippen LogP contribution in [-0.2, 0) is 6.54 Å². The molecule has 1 atom stereocenters. The van der Waals surface area contributed by atoms with E-state index >= 15 is 0 Å². The summed E-state index contributed by atoms with van der Waals surface area (Å²) < 4.78 is 5.34. The molecule has 1 aromatic carbocycles. The molecule has 0 aliphatic carbocycles. The maximum absolute atomic E-state index is 5.89. The van der Waals surface area contributed by atoms with Crippen molar-refractivity contribution in [3.63, 3.8) is 0 Å². The van der Waals surface area contributed by atoms with Crippen LogP contribution in [0.4, 0.5) is 0 Å². The number of rotatable bonds is 4. The lowest BCUT2D eigenvalue weighted by atomic mass is 10.2. The lowest BCUT2D eigenvalue weighted by Crippen LogP contribution is -2.44. The minimum atomic E-state index is 0.111. The van der Waals surface area contributed by atoms with Gasteiger partial charge in [-0.25, -0.2) is 0 Å². The van der Waals surface area contributed by atoms with E-state index in [9.17, 15) is 0 Å². The number of benzene rings is 1. The van der Waals surface area contributed by atoms with Gasteiger partial charge in [-0.1, -0.05) is 16.8 Å². The average Bonchev–Trinajstić information content (AvgIpc) is 3.26. The lowest BCUT2D eigenvalue weighted by Gasteiger charge is -2.30. The van der Waals surface area contributed by atoms with Crippen molar-refractivity contribution < 1.29 is 4.52 Å². The molecule has 1 aliphatic rings. The van der Waals surface area contributed by atoms with Crippen LogP contribution in [0.2, 0.25) is 5.02 Å². The van der Waals surface area contributed by atoms with Crippen molar-refractivity contribution in [3.8, 4) is 11.4 Å². The van der Waals surface area contributed by atoms with Crippen LogP contribution in [0.5, 0.6) is 0 Å². The molecule has 9 nitrogen and oxygen atoms in total. The number of halogens is 1. The number of nitrogens with one attached hydrogen (secondary N) is 1. The first-order valence-electron chi connectivity index (χ1n) is 7.96. The topological polar surface area (TPSA) is 97.8 Å². The summed E-state index contributed by atoms with van der Waals surface area (Å²) in [4.78, 5) is 8.11. The van der Waals surface area contributed by atoms with Gasteiger partial charge in [0, 0.05) is 30.2 Å². The zero-order valence-electron chi connectivity index (χ0n) is 13.6. The average molecular weight is 361 g/mol. The smallest absolute Gasteiger partial charge is 0.250 e. The summed E-state index contributed by atoms with van der Waals surface area (Å²) in [6.07, 6.45) is 0. The fourth-order valence-corrected chi connectivity index (χ4v) is 2.83. The van der Waals surface area contributed by atoms with Gasteiger partial charge in [-0.15, -0.1) is 10.2 Å². The number of nitrogens with zero attached hydrogens (tertiary/aromatic N) is 7. The molecule has 0 saturated carbocycles. The van der Waals surface area contributed by atoms with E-state index in [1.54, 1.807) is 12.1 Å². The van der Waals surface area contributed by atoms with Crippen molar-refractivity contribution >= 4 is 11.6 Å². The molecule has 3 heterocycles. The summed E-state index contributed by atoms with van der Waals surface area (Å²) in [5, 5.41) is 20.5. The Labute approximate surface area is 149 Å². The third-order valence-electron chi connectivity index (χ3n) is 4.12. The molecule has 1 unspecified atom stereocenters. The van der Waals surface area contributed by atoms with E-state index in [-0.39, 0.29) is 12.6 Å². The Balaban J connectivity index is 1.47. The molecule has 0 spiro atoms. The second-order valence-corrected chi connectivity index (χ2v) is 6.33. The normalized spacial score (nSPS) is 18.6. The fourth-order valence-electron chi connectivity index (χ4n) is 2.71. The first-order valence-corrected chi connectivity index (χ1v) is 8.34. The standard InChI is InChI=1S/C15H17ClN8O/c1-23-7-6-17-8-12(23)15-18-13(25-21-15)9-24-20-14(19-22-24)10-2-4-11(16)5-3-10/h2-5,12,17H,6-9H2,1H3. The minimum Gasteiger partial charge on any atom is -0.337 e. The molecule has 1 N–H and O–H groups in total. The van der Waals surface area contributed by atoms with E-state index in [4.69, 9.17) is 16.1 Å². The van der Waals surface area contributed by atoms with Gasteiger partial charge in [-0.3, -0.25) is 4.90 Å². The minimum absolute atomic E-state index is 0.111. The summed E-state index contributed by atoms with van der Waals surface area (Å²) in [7, 11) is 2.05. The summed E-state index contributed by atoms with van der Waals surface area (Å²) >= 11 is 5.89. The molecule has 1 fully saturated rings.